The lowest BCUT2D eigenvalue weighted by molar-refractivity contribution is 0.0932. The zero-order chi connectivity index (χ0) is 25.2. The van der Waals surface area contributed by atoms with E-state index in [1.165, 1.54) is 42.3 Å². The van der Waals surface area contributed by atoms with Gasteiger partial charge in [0.15, 0.2) is 6.73 Å². The summed E-state index contributed by atoms with van der Waals surface area (Å²) in [4.78, 5) is 25.5. The Kier molecular flexibility index (Phi) is 7.32. The van der Waals surface area contributed by atoms with Crippen molar-refractivity contribution in [3.8, 4) is 5.88 Å². The molecule has 1 aromatic heterocycles. The van der Waals surface area contributed by atoms with Crippen molar-refractivity contribution in [2.75, 3.05) is 31.0 Å². The number of carbonyl (C=O) groups excluding carboxylic acids is 1. The highest BCUT2D eigenvalue weighted by molar-refractivity contribution is 6.40. The summed E-state index contributed by atoms with van der Waals surface area (Å²) in [6, 6.07) is 14.2. The third-order valence-corrected chi connectivity index (χ3v) is 7.66. The molecule has 36 heavy (non-hydrogen) atoms. The second kappa shape index (κ2) is 10.6. The van der Waals surface area contributed by atoms with Gasteiger partial charge in [-0.3, -0.25) is 9.69 Å². The molecule has 1 fully saturated rings. The molecular weight excluding hydrogens is 497 g/mol. The zero-order valence-electron chi connectivity index (χ0n) is 20.4. The number of halogens is 2. The van der Waals surface area contributed by atoms with E-state index >= 15 is 0 Å². The molecule has 1 amide bonds. The number of carbonyl (C=O) groups is 1. The van der Waals surface area contributed by atoms with Crippen molar-refractivity contribution in [3.05, 3.63) is 69.8 Å². The number of hydrogen-bond donors (Lipinski definition) is 1. The van der Waals surface area contributed by atoms with Crippen LogP contribution < -0.4 is 15.0 Å². The Balaban J connectivity index is 1.22. The molecule has 2 aliphatic rings. The topological polar surface area (TPSA) is 70.6 Å². The maximum Gasteiger partial charge on any atom is 0.268 e. The third kappa shape index (κ3) is 5.28. The fourth-order valence-corrected chi connectivity index (χ4v) is 5.58. The largest absolute Gasteiger partial charge is 0.455 e. The van der Waals surface area contributed by atoms with Crippen LogP contribution in [0.25, 0.3) is 0 Å². The molecule has 0 spiro atoms. The SMILES string of the molecule is CN(C)C1CCC(Cc2ccc(Nc3ncc4c(n3)OCN(c3c(Cl)cccc3Cl)C4=O)cc2)CC1. The highest BCUT2D eigenvalue weighted by Gasteiger charge is 2.31. The van der Waals surface area contributed by atoms with Gasteiger partial charge >= 0.3 is 0 Å². The van der Waals surface area contributed by atoms with E-state index in [1.54, 1.807) is 18.2 Å². The molecule has 3 aromatic rings. The van der Waals surface area contributed by atoms with Gasteiger partial charge < -0.3 is 15.0 Å². The molecule has 1 N–H and O–H groups in total. The lowest BCUT2D eigenvalue weighted by Gasteiger charge is -2.32. The maximum atomic E-state index is 13.1. The number of amides is 1. The maximum absolute atomic E-state index is 13.1. The van der Waals surface area contributed by atoms with E-state index in [4.69, 9.17) is 27.9 Å². The molecule has 2 heterocycles. The molecule has 0 radical (unpaired) electrons. The number of hydrogen-bond acceptors (Lipinski definition) is 6. The van der Waals surface area contributed by atoms with E-state index in [9.17, 15) is 4.79 Å². The van der Waals surface area contributed by atoms with Gasteiger partial charge in [0, 0.05) is 17.9 Å². The first-order chi connectivity index (χ1) is 17.4. The molecule has 1 aliphatic carbocycles. The highest BCUT2D eigenvalue weighted by Crippen LogP contribution is 2.37. The number of fused-ring (bicyclic) bond motifs is 1. The van der Waals surface area contributed by atoms with Crippen LogP contribution >= 0.6 is 23.2 Å². The fourth-order valence-electron chi connectivity index (χ4n) is 4.98. The molecule has 0 saturated heterocycles. The molecular formula is C27H29Cl2N5O2. The Morgan fingerprint density at radius 2 is 1.75 bits per heavy atom. The van der Waals surface area contributed by atoms with E-state index in [1.807, 2.05) is 12.1 Å². The summed E-state index contributed by atoms with van der Waals surface area (Å²) in [5.41, 5.74) is 2.88. The summed E-state index contributed by atoms with van der Waals surface area (Å²) < 4.78 is 5.77. The van der Waals surface area contributed by atoms with Crippen LogP contribution in [0.5, 0.6) is 5.88 Å². The van der Waals surface area contributed by atoms with E-state index < -0.39 is 0 Å². The number of para-hydroxylation sites is 1. The minimum absolute atomic E-state index is 0.0447. The summed E-state index contributed by atoms with van der Waals surface area (Å²) in [7, 11) is 4.36. The molecule has 9 heteroatoms. The lowest BCUT2D eigenvalue weighted by atomic mass is 9.82. The van der Waals surface area contributed by atoms with E-state index in [2.05, 4.69) is 46.4 Å². The van der Waals surface area contributed by atoms with Crippen molar-refractivity contribution in [3.63, 3.8) is 0 Å². The summed E-state index contributed by atoms with van der Waals surface area (Å²) >= 11 is 12.6. The summed E-state index contributed by atoms with van der Waals surface area (Å²) in [6.07, 6.45) is 7.69. The lowest BCUT2D eigenvalue weighted by Crippen LogP contribution is -2.39. The van der Waals surface area contributed by atoms with Gasteiger partial charge in [-0.15, -0.1) is 0 Å². The molecule has 188 valence electrons. The van der Waals surface area contributed by atoms with Crippen LogP contribution in [0, 0.1) is 5.92 Å². The van der Waals surface area contributed by atoms with Crippen LogP contribution in [-0.4, -0.2) is 47.6 Å². The Morgan fingerprint density at radius 3 is 2.42 bits per heavy atom. The van der Waals surface area contributed by atoms with E-state index in [-0.39, 0.29) is 24.1 Å². The smallest absolute Gasteiger partial charge is 0.268 e. The predicted octanol–water partition coefficient (Wildman–Crippen LogP) is 6.19. The zero-order valence-corrected chi connectivity index (χ0v) is 21.9. The quantitative estimate of drug-likeness (QED) is 0.413. The molecule has 0 bridgehead atoms. The highest BCUT2D eigenvalue weighted by atomic mass is 35.5. The summed E-state index contributed by atoms with van der Waals surface area (Å²) in [5.74, 6) is 1.02. The number of nitrogens with zero attached hydrogens (tertiary/aromatic N) is 4. The van der Waals surface area contributed by atoms with Gasteiger partial charge in [0.1, 0.15) is 5.56 Å². The van der Waals surface area contributed by atoms with Crippen molar-refractivity contribution < 1.29 is 9.53 Å². The van der Waals surface area contributed by atoms with Crippen molar-refractivity contribution in [1.29, 1.82) is 0 Å². The summed E-state index contributed by atoms with van der Waals surface area (Å²) in [6.45, 7) is -0.0447. The van der Waals surface area contributed by atoms with Crippen molar-refractivity contribution in [1.82, 2.24) is 14.9 Å². The number of rotatable bonds is 6. The molecule has 5 rings (SSSR count). The van der Waals surface area contributed by atoms with Crippen molar-refractivity contribution in [2.24, 2.45) is 5.92 Å². The van der Waals surface area contributed by atoms with Crippen LogP contribution in [0.2, 0.25) is 10.0 Å². The first-order valence-corrected chi connectivity index (χ1v) is 12.9. The van der Waals surface area contributed by atoms with Crippen LogP contribution in [0.15, 0.2) is 48.7 Å². The number of benzene rings is 2. The van der Waals surface area contributed by atoms with Gasteiger partial charge in [0.05, 0.1) is 15.7 Å². The van der Waals surface area contributed by atoms with Crippen LogP contribution in [0.1, 0.15) is 41.6 Å². The third-order valence-electron chi connectivity index (χ3n) is 7.05. The number of ether oxygens (including phenoxy) is 1. The van der Waals surface area contributed by atoms with Gasteiger partial charge in [0.25, 0.3) is 5.91 Å². The average Bonchev–Trinajstić information content (AvgIpc) is 2.87. The Labute approximate surface area is 221 Å². The van der Waals surface area contributed by atoms with Gasteiger partial charge in [-0.05, 0) is 81.9 Å². The fraction of sp³-hybridized carbons (Fsp3) is 0.370. The number of nitrogens with one attached hydrogen (secondary N) is 1. The Hall–Kier alpha value is -2.87. The normalized spacial score (nSPS) is 19.7. The molecule has 0 unspecified atom stereocenters. The first kappa shape index (κ1) is 24.8. The standard InChI is InChI=1S/C27H29Cl2N5O2/c1-33(2)20-12-8-18(9-13-20)14-17-6-10-19(11-7-17)31-27-30-15-21-25(32-27)36-16-34(26(21)35)24-22(28)4-3-5-23(24)29/h3-7,10-11,15,18,20H,8-9,12-14,16H2,1-2H3,(H,30,31,32). The van der Waals surface area contributed by atoms with Crippen LogP contribution in [0.3, 0.4) is 0 Å². The van der Waals surface area contributed by atoms with Gasteiger partial charge in [-0.1, -0.05) is 41.4 Å². The predicted molar refractivity (Wildman–Crippen MR) is 144 cm³/mol. The molecule has 1 saturated carbocycles. The minimum atomic E-state index is -0.318. The first-order valence-electron chi connectivity index (χ1n) is 12.2. The molecule has 7 nitrogen and oxygen atoms in total. The van der Waals surface area contributed by atoms with E-state index in [0.29, 0.717) is 21.7 Å². The van der Waals surface area contributed by atoms with Crippen molar-refractivity contribution in [2.45, 2.75) is 38.1 Å². The van der Waals surface area contributed by atoms with Crippen LogP contribution in [0.4, 0.5) is 17.3 Å². The Bertz CT molecular complexity index is 1220. The minimum Gasteiger partial charge on any atom is -0.455 e. The number of anilines is 3. The second-order valence-electron chi connectivity index (χ2n) is 9.65. The summed E-state index contributed by atoms with van der Waals surface area (Å²) in [5, 5.41) is 3.94. The van der Waals surface area contributed by atoms with Crippen molar-refractivity contribution >= 4 is 46.4 Å². The van der Waals surface area contributed by atoms with Gasteiger partial charge in [-0.2, -0.15) is 4.98 Å². The number of aromatic nitrogens is 2. The average molecular weight is 526 g/mol. The van der Waals surface area contributed by atoms with Crippen LogP contribution in [-0.2, 0) is 6.42 Å². The molecule has 1 aliphatic heterocycles. The Morgan fingerprint density at radius 1 is 1.06 bits per heavy atom. The molecule has 0 atom stereocenters. The second-order valence-corrected chi connectivity index (χ2v) is 10.5. The van der Waals surface area contributed by atoms with E-state index in [0.717, 1.165) is 24.1 Å². The van der Waals surface area contributed by atoms with Gasteiger partial charge in [-0.25, -0.2) is 4.98 Å². The van der Waals surface area contributed by atoms with Gasteiger partial charge in [0.2, 0.25) is 11.8 Å². The molecule has 2 aromatic carbocycles. The monoisotopic (exact) mass is 525 g/mol.